The highest BCUT2D eigenvalue weighted by Gasteiger charge is 2.16. The van der Waals surface area contributed by atoms with Gasteiger partial charge in [0, 0.05) is 5.39 Å². The van der Waals surface area contributed by atoms with Crippen molar-refractivity contribution in [2.45, 2.75) is 12.8 Å². The van der Waals surface area contributed by atoms with Crippen LogP contribution >= 0.6 is 23.6 Å². The largest absolute Gasteiger partial charge is 0.336 e. The molecular weight excluding hydrogens is 234 g/mol. The number of thiazole rings is 1. The Kier molecular flexibility index (Phi) is 1.63. The summed E-state index contributed by atoms with van der Waals surface area (Å²) in [6, 6.07) is 8.91. The van der Waals surface area contributed by atoms with Crippen LogP contribution in [0.5, 0.6) is 0 Å². The first-order valence-electron chi connectivity index (χ1n) is 5.39. The van der Waals surface area contributed by atoms with Gasteiger partial charge in [-0.1, -0.05) is 18.2 Å². The molecule has 1 nitrogen and oxygen atoms in total. The molecule has 1 aliphatic carbocycles. The smallest absolute Gasteiger partial charge is 0.159 e. The van der Waals surface area contributed by atoms with Gasteiger partial charge < -0.3 is 4.98 Å². The maximum absolute atomic E-state index is 5.23. The molecule has 0 saturated heterocycles. The Morgan fingerprint density at radius 2 is 2.06 bits per heavy atom. The Labute approximate surface area is 102 Å². The van der Waals surface area contributed by atoms with E-state index in [1.807, 2.05) is 0 Å². The van der Waals surface area contributed by atoms with Gasteiger partial charge in [-0.2, -0.15) is 0 Å². The van der Waals surface area contributed by atoms with Crippen LogP contribution < -0.4 is 0 Å². The minimum atomic E-state index is 0.874. The molecule has 4 rings (SSSR count). The van der Waals surface area contributed by atoms with Crippen molar-refractivity contribution in [1.29, 1.82) is 0 Å². The highest BCUT2D eigenvalue weighted by molar-refractivity contribution is 7.73. The molecule has 0 fully saturated rings. The maximum atomic E-state index is 5.23. The fourth-order valence-corrected chi connectivity index (χ4v) is 3.92. The average molecular weight is 243 g/mol. The molecule has 0 aliphatic heterocycles. The van der Waals surface area contributed by atoms with Crippen molar-refractivity contribution in [3.8, 4) is 0 Å². The molecule has 1 heterocycles. The summed E-state index contributed by atoms with van der Waals surface area (Å²) in [5.74, 6) is 0. The predicted octanol–water partition coefficient (Wildman–Crippen LogP) is 4.21. The van der Waals surface area contributed by atoms with Crippen LogP contribution in [0.3, 0.4) is 0 Å². The number of benzene rings is 2. The summed E-state index contributed by atoms with van der Waals surface area (Å²) >= 11 is 6.91. The average Bonchev–Trinajstić information content (AvgIpc) is 2.84. The summed E-state index contributed by atoms with van der Waals surface area (Å²) in [6.45, 7) is 0. The summed E-state index contributed by atoms with van der Waals surface area (Å²) in [4.78, 5) is 3.32. The summed E-state index contributed by atoms with van der Waals surface area (Å²) in [5.41, 5.74) is 4.20. The van der Waals surface area contributed by atoms with Gasteiger partial charge in [-0.3, -0.25) is 0 Å². The van der Waals surface area contributed by atoms with Crippen LogP contribution in [-0.4, -0.2) is 4.98 Å². The SMILES string of the molecule is S=c1[nH]c2c(cc3c4c(cccc42)CC3)s1. The number of aromatic nitrogens is 1. The quantitative estimate of drug-likeness (QED) is 0.585. The Hall–Kier alpha value is -1.19. The Morgan fingerprint density at radius 1 is 1.19 bits per heavy atom. The first-order valence-corrected chi connectivity index (χ1v) is 6.62. The molecule has 3 aromatic rings. The third kappa shape index (κ3) is 1.02. The van der Waals surface area contributed by atoms with Gasteiger partial charge in [-0.15, -0.1) is 11.3 Å². The van der Waals surface area contributed by atoms with Gasteiger partial charge in [-0.25, -0.2) is 0 Å². The number of aryl methyl sites for hydroxylation is 2. The van der Waals surface area contributed by atoms with E-state index in [4.69, 9.17) is 12.2 Å². The first kappa shape index (κ1) is 8.90. The van der Waals surface area contributed by atoms with E-state index >= 15 is 0 Å². The second-order valence-corrected chi connectivity index (χ2v) is 5.98. The summed E-state index contributed by atoms with van der Waals surface area (Å²) < 4.78 is 2.17. The fraction of sp³-hybridized carbons (Fsp3) is 0.154. The Bertz CT molecular complexity index is 780. The standard InChI is InChI=1S/C13H9NS2/c15-13-14-12-9-3-1-2-7-4-5-8(11(7)9)6-10(12)16-13/h1-3,6H,4-5H2,(H,14,15). The molecule has 0 unspecified atom stereocenters. The second kappa shape index (κ2) is 2.93. The van der Waals surface area contributed by atoms with Gasteiger partial charge in [0.25, 0.3) is 0 Å². The lowest BCUT2D eigenvalue weighted by Gasteiger charge is -2.02. The molecule has 0 bridgehead atoms. The lowest BCUT2D eigenvalue weighted by molar-refractivity contribution is 1.03. The zero-order valence-corrected chi connectivity index (χ0v) is 10.2. The fourth-order valence-electron chi connectivity index (χ4n) is 2.73. The summed E-state index contributed by atoms with van der Waals surface area (Å²) in [5, 5.41) is 2.80. The van der Waals surface area contributed by atoms with Crippen molar-refractivity contribution in [3.63, 3.8) is 0 Å². The molecule has 0 spiro atoms. The van der Waals surface area contributed by atoms with E-state index in [-0.39, 0.29) is 0 Å². The predicted molar refractivity (Wildman–Crippen MR) is 71.9 cm³/mol. The van der Waals surface area contributed by atoms with E-state index in [9.17, 15) is 0 Å². The van der Waals surface area contributed by atoms with Crippen molar-refractivity contribution in [3.05, 3.63) is 39.3 Å². The Balaban J connectivity index is 2.39. The van der Waals surface area contributed by atoms with E-state index in [2.05, 4.69) is 29.2 Å². The third-order valence-electron chi connectivity index (χ3n) is 3.39. The van der Waals surface area contributed by atoms with E-state index in [0.717, 1.165) is 3.95 Å². The molecule has 0 saturated carbocycles. The molecule has 16 heavy (non-hydrogen) atoms. The van der Waals surface area contributed by atoms with Crippen molar-refractivity contribution in [2.75, 3.05) is 0 Å². The number of rotatable bonds is 0. The normalized spacial score (nSPS) is 14.0. The van der Waals surface area contributed by atoms with Crippen LogP contribution in [-0.2, 0) is 12.8 Å². The number of aromatic amines is 1. The maximum Gasteiger partial charge on any atom is 0.159 e. The lowest BCUT2D eigenvalue weighted by Crippen LogP contribution is -1.80. The van der Waals surface area contributed by atoms with Crippen molar-refractivity contribution >= 4 is 44.5 Å². The van der Waals surface area contributed by atoms with Crippen molar-refractivity contribution in [1.82, 2.24) is 4.98 Å². The van der Waals surface area contributed by atoms with Crippen LogP contribution in [0.4, 0.5) is 0 Å². The van der Waals surface area contributed by atoms with Crippen molar-refractivity contribution < 1.29 is 0 Å². The molecular formula is C13H9NS2. The number of H-pyrrole nitrogens is 1. The van der Waals surface area contributed by atoms with Crippen LogP contribution in [0.1, 0.15) is 11.1 Å². The van der Waals surface area contributed by atoms with Gasteiger partial charge in [0.1, 0.15) is 0 Å². The van der Waals surface area contributed by atoms with E-state index in [1.54, 1.807) is 11.3 Å². The van der Waals surface area contributed by atoms with Gasteiger partial charge >= 0.3 is 0 Å². The molecule has 0 amide bonds. The topological polar surface area (TPSA) is 15.8 Å². The second-order valence-electron chi connectivity index (χ2n) is 4.26. The zero-order valence-electron chi connectivity index (χ0n) is 8.54. The number of nitrogens with one attached hydrogen (secondary N) is 1. The highest BCUT2D eigenvalue weighted by atomic mass is 32.1. The van der Waals surface area contributed by atoms with E-state index < -0.39 is 0 Å². The van der Waals surface area contributed by atoms with Crippen LogP contribution in [0.15, 0.2) is 24.3 Å². The minimum absolute atomic E-state index is 0.874. The minimum Gasteiger partial charge on any atom is -0.336 e. The zero-order chi connectivity index (χ0) is 10.7. The monoisotopic (exact) mass is 243 g/mol. The van der Waals surface area contributed by atoms with Crippen LogP contribution in [0.25, 0.3) is 21.0 Å². The molecule has 3 heteroatoms. The molecule has 1 aliphatic rings. The molecule has 1 aromatic heterocycles. The molecule has 0 atom stereocenters. The van der Waals surface area contributed by atoms with E-state index in [1.165, 1.54) is 45.0 Å². The first-order chi connectivity index (χ1) is 7.83. The highest BCUT2D eigenvalue weighted by Crippen LogP contribution is 2.37. The third-order valence-corrected chi connectivity index (χ3v) is 4.57. The molecule has 1 N–H and O–H groups in total. The lowest BCUT2D eigenvalue weighted by atomic mass is 10.0. The van der Waals surface area contributed by atoms with Gasteiger partial charge in [0.05, 0.1) is 10.2 Å². The van der Waals surface area contributed by atoms with E-state index in [0.29, 0.717) is 0 Å². The summed E-state index contributed by atoms with van der Waals surface area (Å²) in [6.07, 6.45) is 2.36. The molecule has 78 valence electrons. The van der Waals surface area contributed by atoms with Gasteiger partial charge in [-0.05, 0) is 47.6 Å². The summed E-state index contributed by atoms with van der Waals surface area (Å²) in [7, 11) is 0. The number of fused-ring (bicyclic) bond motifs is 2. The number of hydrogen-bond acceptors (Lipinski definition) is 2. The van der Waals surface area contributed by atoms with Crippen LogP contribution in [0, 0.1) is 3.95 Å². The number of hydrogen-bond donors (Lipinski definition) is 1. The Morgan fingerprint density at radius 3 is 3.00 bits per heavy atom. The van der Waals surface area contributed by atoms with Gasteiger partial charge in [0.15, 0.2) is 3.95 Å². The van der Waals surface area contributed by atoms with Crippen LogP contribution in [0.2, 0.25) is 0 Å². The van der Waals surface area contributed by atoms with Gasteiger partial charge in [0.2, 0.25) is 0 Å². The van der Waals surface area contributed by atoms with Crippen molar-refractivity contribution in [2.24, 2.45) is 0 Å². The molecule has 0 radical (unpaired) electrons. The molecule has 2 aromatic carbocycles.